The minimum atomic E-state index is -3.21. The Morgan fingerprint density at radius 2 is 2.06 bits per heavy atom. The van der Waals surface area contributed by atoms with Crippen molar-refractivity contribution in [2.45, 2.75) is 44.7 Å². The summed E-state index contributed by atoms with van der Waals surface area (Å²) in [6.45, 7) is 2.48. The first-order chi connectivity index (χ1) is 15.2. The topological polar surface area (TPSA) is 160 Å². The van der Waals surface area contributed by atoms with Crippen molar-refractivity contribution >= 4 is 14.1 Å². The number of nitrogens with zero attached hydrogens (tertiary/aromatic N) is 2. The van der Waals surface area contributed by atoms with Crippen LogP contribution < -0.4 is 16.1 Å². The van der Waals surface area contributed by atoms with E-state index in [1.807, 2.05) is 0 Å². The fourth-order valence-corrected chi connectivity index (χ4v) is 4.06. The minimum Gasteiger partial charge on any atom is -0.480 e. The van der Waals surface area contributed by atoms with Crippen LogP contribution in [0.3, 0.4) is 0 Å². The van der Waals surface area contributed by atoms with E-state index in [1.54, 1.807) is 30.3 Å². The second kappa shape index (κ2) is 10.2. The SMILES string of the molecule is Cc1cn([C@@H]2C[C@@H](O)[C@H](CO[PH](=O)N(Oc3ccccc3)C(C)C(=O)O)O2)c(=O)[nH]c1=O. The van der Waals surface area contributed by atoms with Gasteiger partial charge in [-0.05, 0) is 26.0 Å². The van der Waals surface area contributed by atoms with Crippen molar-refractivity contribution in [3.8, 4) is 5.75 Å². The molecule has 2 heterocycles. The summed E-state index contributed by atoms with van der Waals surface area (Å²) in [5.74, 6) is -1.000. The molecular weight excluding hydrogens is 445 g/mol. The molecule has 12 nitrogen and oxygen atoms in total. The first-order valence-electron chi connectivity index (χ1n) is 9.74. The number of hydroxylamine groups is 1. The van der Waals surface area contributed by atoms with Gasteiger partial charge >= 0.3 is 11.7 Å². The fourth-order valence-electron chi connectivity index (χ4n) is 3.02. The zero-order chi connectivity index (χ0) is 23.4. The van der Waals surface area contributed by atoms with Gasteiger partial charge in [0.15, 0.2) is 0 Å². The third-order valence-electron chi connectivity index (χ3n) is 4.87. The highest BCUT2D eigenvalue weighted by atomic mass is 31.1. The summed E-state index contributed by atoms with van der Waals surface area (Å²) in [6, 6.07) is 6.92. The number of aliphatic hydroxyl groups excluding tert-OH is 1. The lowest BCUT2D eigenvalue weighted by Crippen LogP contribution is -2.37. The number of carboxylic acids is 1. The van der Waals surface area contributed by atoms with Crippen LogP contribution in [0, 0.1) is 6.92 Å². The summed E-state index contributed by atoms with van der Waals surface area (Å²) in [4.78, 5) is 43.4. The van der Waals surface area contributed by atoms with Crippen LogP contribution in [0.25, 0.3) is 0 Å². The molecule has 1 fully saturated rings. The quantitative estimate of drug-likeness (QED) is 0.352. The Kier molecular flexibility index (Phi) is 7.64. The van der Waals surface area contributed by atoms with Gasteiger partial charge in [-0.2, -0.15) is 0 Å². The zero-order valence-electron chi connectivity index (χ0n) is 17.3. The number of benzene rings is 1. The number of hydrogen-bond donors (Lipinski definition) is 3. The second-order valence-electron chi connectivity index (χ2n) is 7.23. The molecule has 0 aliphatic carbocycles. The number of rotatable bonds is 9. The number of para-hydroxylation sites is 1. The lowest BCUT2D eigenvalue weighted by molar-refractivity contribution is -0.148. The Labute approximate surface area is 182 Å². The molecule has 1 aliphatic heterocycles. The molecule has 3 N–H and O–H groups in total. The Morgan fingerprint density at radius 1 is 1.38 bits per heavy atom. The molecule has 2 unspecified atom stereocenters. The number of aromatic nitrogens is 2. The second-order valence-corrected chi connectivity index (χ2v) is 8.49. The van der Waals surface area contributed by atoms with Crippen molar-refractivity contribution < 1.29 is 33.7 Å². The van der Waals surface area contributed by atoms with E-state index < -0.39 is 49.9 Å². The number of nitrogens with one attached hydrogen (secondary N) is 1. The van der Waals surface area contributed by atoms with Crippen LogP contribution in [-0.2, 0) is 18.6 Å². The van der Waals surface area contributed by atoms with Crippen molar-refractivity contribution in [3.05, 3.63) is 62.9 Å². The first kappa shape index (κ1) is 23.9. The van der Waals surface area contributed by atoms with Gasteiger partial charge in [0.1, 0.15) is 24.1 Å². The van der Waals surface area contributed by atoms with E-state index in [2.05, 4.69) is 4.98 Å². The lowest BCUT2D eigenvalue weighted by atomic mass is 10.2. The number of aliphatic hydroxyl groups is 1. The summed E-state index contributed by atoms with van der Waals surface area (Å²) in [5, 5.41) is 19.6. The number of hydrogen-bond acceptors (Lipinski definition) is 8. The first-order valence-corrected chi connectivity index (χ1v) is 11.0. The molecule has 174 valence electrons. The summed E-state index contributed by atoms with van der Waals surface area (Å²) >= 11 is 0. The van der Waals surface area contributed by atoms with Gasteiger partial charge in [-0.15, -0.1) is 0 Å². The van der Waals surface area contributed by atoms with Crippen LogP contribution in [0.5, 0.6) is 5.75 Å². The Bertz CT molecular complexity index is 1090. The molecule has 1 saturated heterocycles. The van der Waals surface area contributed by atoms with E-state index in [9.17, 15) is 29.2 Å². The molecule has 2 aromatic rings. The molecule has 0 radical (unpaired) electrons. The smallest absolute Gasteiger partial charge is 0.330 e. The minimum absolute atomic E-state index is 0.0378. The fraction of sp³-hybridized carbons (Fsp3) is 0.421. The van der Waals surface area contributed by atoms with Crippen LogP contribution in [0.2, 0.25) is 0 Å². The predicted octanol–water partition coefficient (Wildman–Crippen LogP) is 0.669. The number of aryl methyl sites for hydroxylation is 1. The highest BCUT2D eigenvalue weighted by Gasteiger charge is 2.37. The molecule has 1 aliphatic rings. The molecule has 32 heavy (non-hydrogen) atoms. The number of aromatic amines is 1. The molecule has 0 bridgehead atoms. The highest BCUT2D eigenvalue weighted by molar-refractivity contribution is 7.36. The van der Waals surface area contributed by atoms with Gasteiger partial charge < -0.3 is 24.3 Å². The lowest BCUT2D eigenvalue weighted by Gasteiger charge is -2.25. The van der Waals surface area contributed by atoms with E-state index in [0.29, 0.717) is 5.56 Å². The molecule has 1 aromatic carbocycles. The molecule has 5 atom stereocenters. The molecule has 0 amide bonds. The van der Waals surface area contributed by atoms with Gasteiger partial charge in [0, 0.05) is 18.2 Å². The Balaban J connectivity index is 1.67. The van der Waals surface area contributed by atoms with Gasteiger partial charge in [-0.1, -0.05) is 23.0 Å². The number of carboxylic acid groups (broad SMARTS) is 1. The maximum Gasteiger partial charge on any atom is 0.330 e. The normalized spacial score (nSPS) is 22.6. The van der Waals surface area contributed by atoms with E-state index in [-0.39, 0.29) is 18.8 Å². The monoisotopic (exact) mass is 469 g/mol. The van der Waals surface area contributed by atoms with E-state index in [4.69, 9.17) is 14.1 Å². The number of carbonyl (C=O) groups is 1. The van der Waals surface area contributed by atoms with Crippen molar-refractivity contribution in [1.29, 1.82) is 0 Å². The largest absolute Gasteiger partial charge is 0.480 e. The summed E-state index contributed by atoms with van der Waals surface area (Å²) in [6.07, 6.45) is -1.48. The van der Waals surface area contributed by atoms with Gasteiger partial charge in [0.05, 0.1) is 12.7 Å². The molecular formula is C19H24N3O9P. The number of ether oxygens (including phenoxy) is 1. The molecule has 13 heteroatoms. The third kappa shape index (κ3) is 5.53. The van der Waals surface area contributed by atoms with Crippen LogP contribution in [0.15, 0.2) is 46.1 Å². The molecule has 0 spiro atoms. The zero-order valence-corrected chi connectivity index (χ0v) is 18.3. The van der Waals surface area contributed by atoms with Crippen LogP contribution in [-0.4, -0.2) is 55.4 Å². The van der Waals surface area contributed by atoms with E-state index in [0.717, 1.165) is 9.40 Å². The van der Waals surface area contributed by atoms with Crippen molar-refractivity contribution in [2.75, 3.05) is 6.61 Å². The summed E-state index contributed by atoms with van der Waals surface area (Å²) < 4.78 is 24.8. The van der Waals surface area contributed by atoms with Crippen molar-refractivity contribution in [2.24, 2.45) is 0 Å². The van der Waals surface area contributed by atoms with Crippen LogP contribution >= 0.6 is 8.18 Å². The Morgan fingerprint density at radius 3 is 2.72 bits per heavy atom. The van der Waals surface area contributed by atoms with Crippen molar-refractivity contribution in [1.82, 2.24) is 14.4 Å². The van der Waals surface area contributed by atoms with Crippen LogP contribution in [0.4, 0.5) is 0 Å². The molecule has 3 rings (SSSR count). The third-order valence-corrected chi connectivity index (χ3v) is 6.12. The van der Waals surface area contributed by atoms with Crippen LogP contribution in [0.1, 0.15) is 25.1 Å². The average Bonchev–Trinajstić information content (AvgIpc) is 3.13. The van der Waals surface area contributed by atoms with Gasteiger partial charge in [0.25, 0.3) is 13.7 Å². The van der Waals surface area contributed by atoms with Gasteiger partial charge in [-0.25, -0.2) is 4.79 Å². The van der Waals surface area contributed by atoms with Gasteiger partial charge in [0.2, 0.25) is 0 Å². The standard InChI is InChI=1S/C19H24N3O9P/c1-11-9-21(19(27)20-17(11)24)16-8-14(23)15(30-16)10-29-32(28)22(12(2)18(25)26)31-13-6-4-3-5-7-13/h3-7,9,12,14-16,23,32H,8,10H2,1-2H3,(H,25,26)(H,20,24,27)/t12?,14-,15+,16+/m1/s1. The number of aliphatic carboxylic acids is 1. The average molecular weight is 469 g/mol. The van der Waals surface area contributed by atoms with E-state index in [1.165, 1.54) is 20.0 Å². The highest BCUT2D eigenvalue weighted by Crippen LogP contribution is 2.35. The van der Waals surface area contributed by atoms with E-state index >= 15 is 0 Å². The summed E-state index contributed by atoms with van der Waals surface area (Å²) in [7, 11) is -3.21. The molecule has 0 saturated carbocycles. The van der Waals surface area contributed by atoms with Crippen molar-refractivity contribution in [3.63, 3.8) is 0 Å². The molecule has 1 aromatic heterocycles. The van der Waals surface area contributed by atoms with Gasteiger partial charge in [-0.3, -0.25) is 23.7 Å². The Hall–Kier alpha value is -2.76. The maximum atomic E-state index is 12.7. The number of H-pyrrole nitrogens is 1. The maximum absolute atomic E-state index is 12.7. The summed E-state index contributed by atoms with van der Waals surface area (Å²) in [5.41, 5.74) is -0.913. The predicted molar refractivity (Wildman–Crippen MR) is 112 cm³/mol.